The third kappa shape index (κ3) is 3.56. The van der Waals surface area contributed by atoms with Crippen LogP contribution < -0.4 is 5.32 Å². The molecule has 0 aliphatic rings. The van der Waals surface area contributed by atoms with Gasteiger partial charge in [0.05, 0.1) is 0 Å². The van der Waals surface area contributed by atoms with E-state index in [1.807, 2.05) is 19.1 Å². The molecule has 0 amide bonds. The molecule has 100 valence electrons. The molecule has 1 N–H and O–H groups in total. The quantitative estimate of drug-likeness (QED) is 0.823. The Bertz CT molecular complexity index is 586. The SMILES string of the molecule is CCNCc1ccc(-c2cc(Br)ccc2F)cc1Cl. The van der Waals surface area contributed by atoms with E-state index in [0.717, 1.165) is 28.7 Å². The number of nitrogens with one attached hydrogen (secondary N) is 1. The average molecular weight is 343 g/mol. The first-order valence-electron chi connectivity index (χ1n) is 6.06. The van der Waals surface area contributed by atoms with Crippen molar-refractivity contribution in [2.75, 3.05) is 6.54 Å². The lowest BCUT2D eigenvalue weighted by Gasteiger charge is -2.09. The zero-order valence-electron chi connectivity index (χ0n) is 10.5. The van der Waals surface area contributed by atoms with Gasteiger partial charge >= 0.3 is 0 Å². The fraction of sp³-hybridized carbons (Fsp3) is 0.200. The number of hydrogen-bond acceptors (Lipinski definition) is 1. The monoisotopic (exact) mass is 341 g/mol. The van der Waals surface area contributed by atoms with Crippen LogP contribution in [0.1, 0.15) is 12.5 Å². The van der Waals surface area contributed by atoms with Gasteiger partial charge in [0.1, 0.15) is 5.82 Å². The van der Waals surface area contributed by atoms with Crippen molar-refractivity contribution in [3.05, 3.63) is 57.3 Å². The Morgan fingerprint density at radius 2 is 2.00 bits per heavy atom. The highest BCUT2D eigenvalue weighted by molar-refractivity contribution is 9.10. The first-order valence-corrected chi connectivity index (χ1v) is 7.23. The molecule has 0 fully saturated rings. The van der Waals surface area contributed by atoms with Crippen LogP contribution in [0.25, 0.3) is 11.1 Å². The molecule has 0 aliphatic heterocycles. The lowest BCUT2D eigenvalue weighted by atomic mass is 10.0. The summed E-state index contributed by atoms with van der Waals surface area (Å²) in [7, 11) is 0. The second kappa shape index (κ2) is 6.51. The van der Waals surface area contributed by atoms with Gasteiger partial charge in [-0.2, -0.15) is 0 Å². The third-order valence-corrected chi connectivity index (χ3v) is 3.70. The fourth-order valence-corrected chi connectivity index (χ4v) is 2.45. The molecule has 0 radical (unpaired) electrons. The van der Waals surface area contributed by atoms with Gasteiger partial charge in [0.15, 0.2) is 0 Å². The zero-order chi connectivity index (χ0) is 13.8. The van der Waals surface area contributed by atoms with E-state index in [0.29, 0.717) is 10.6 Å². The van der Waals surface area contributed by atoms with Crippen LogP contribution in [0, 0.1) is 5.82 Å². The van der Waals surface area contributed by atoms with Crippen LogP contribution in [-0.2, 0) is 6.54 Å². The van der Waals surface area contributed by atoms with E-state index < -0.39 is 0 Å². The maximum Gasteiger partial charge on any atom is 0.131 e. The van der Waals surface area contributed by atoms with E-state index in [4.69, 9.17) is 11.6 Å². The van der Waals surface area contributed by atoms with Crippen LogP contribution in [-0.4, -0.2) is 6.54 Å². The van der Waals surface area contributed by atoms with Gasteiger partial charge in [0.25, 0.3) is 0 Å². The van der Waals surface area contributed by atoms with Crippen LogP contribution in [0.2, 0.25) is 5.02 Å². The molecular formula is C15H14BrClFN. The van der Waals surface area contributed by atoms with Gasteiger partial charge in [0.2, 0.25) is 0 Å². The third-order valence-electron chi connectivity index (χ3n) is 2.86. The molecule has 0 spiro atoms. The summed E-state index contributed by atoms with van der Waals surface area (Å²) in [6.07, 6.45) is 0. The van der Waals surface area contributed by atoms with Crippen molar-refractivity contribution < 1.29 is 4.39 Å². The zero-order valence-corrected chi connectivity index (χ0v) is 12.9. The highest BCUT2D eigenvalue weighted by Crippen LogP contribution is 2.29. The van der Waals surface area contributed by atoms with Crippen LogP contribution in [0.5, 0.6) is 0 Å². The minimum absolute atomic E-state index is 0.251. The average Bonchev–Trinajstić information content (AvgIpc) is 2.40. The molecule has 2 aromatic carbocycles. The Kier molecular flexibility index (Phi) is 4.97. The van der Waals surface area contributed by atoms with Crippen molar-refractivity contribution in [2.24, 2.45) is 0 Å². The molecule has 0 bridgehead atoms. The Morgan fingerprint density at radius 3 is 2.68 bits per heavy atom. The number of rotatable bonds is 4. The van der Waals surface area contributed by atoms with Gasteiger partial charge in [-0.25, -0.2) is 4.39 Å². The molecule has 0 saturated heterocycles. The molecule has 4 heteroatoms. The van der Waals surface area contributed by atoms with Crippen molar-refractivity contribution in [2.45, 2.75) is 13.5 Å². The van der Waals surface area contributed by atoms with E-state index in [1.54, 1.807) is 18.2 Å². The number of benzene rings is 2. The molecule has 0 saturated carbocycles. The largest absolute Gasteiger partial charge is 0.313 e. The molecule has 0 unspecified atom stereocenters. The van der Waals surface area contributed by atoms with Gasteiger partial charge in [0, 0.05) is 21.6 Å². The molecule has 0 heterocycles. The minimum Gasteiger partial charge on any atom is -0.313 e. The smallest absolute Gasteiger partial charge is 0.131 e. The molecule has 0 atom stereocenters. The van der Waals surface area contributed by atoms with Crippen LogP contribution in [0.15, 0.2) is 40.9 Å². The summed E-state index contributed by atoms with van der Waals surface area (Å²) in [4.78, 5) is 0. The Balaban J connectivity index is 2.36. The van der Waals surface area contributed by atoms with Crippen molar-refractivity contribution in [3.8, 4) is 11.1 Å². The second-order valence-electron chi connectivity index (χ2n) is 4.21. The summed E-state index contributed by atoms with van der Waals surface area (Å²) in [5, 5.41) is 3.87. The highest BCUT2D eigenvalue weighted by Gasteiger charge is 2.08. The predicted molar refractivity (Wildman–Crippen MR) is 81.9 cm³/mol. The maximum atomic E-state index is 13.8. The summed E-state index contributed by atoms with van der Waals surface area (Å²) >= 11 is 9.58. The first-order chi connectivity index (χ1) is 9.11. The summed E-state index contributed by atoms with van der Waals surface area (Å²) in [6, 6.07) is 10.5. The normalized spacial score (nSPS) is 10.7. The molecule has 2 aromatic rings. The number of halogens is 3. The van der Waals surface area contributed by atoms with Gasteiger partial charge in [-0.3, -0.25) is 0 Å². The lowest BCUT2D eigenvalue weighted by molar-refractivity contribution is 0.631. The van der Waals surface area contributed by atoms with E-state index >= 15 is 0 Å². The van der Waals surface area contributed by atoms with Crippen LogP contribution in [0.4, 0.5) is 4.39 Å². The summed E-state index contributed by atoms with van der Waals surface area (Å²) in [5.74, 6) is -0.251. The van der Waals surface area contributed by atoms with E-state index in [2.05, 4.69) is 21.2 Å². The van der Waals surface area contributed by atoms with Crippen LogP contribution in [0.3, 0.4) is 0 Å². The van der Waals surface area contributed by atoms with Crippen LogP contribution >= 0.6 is 27.5 Å². The minimum atomic E-state index is -0.251. The van der Waals surface area contributed by atoms with Gasteiger partial charge < -0.3 is 5.32 Å². The summed E-state index contributed by atoms with van der Waals surface area (Å²) < 4.78 is 14.7. The predicted octanol–water partition coefficient (Wildman–Crippen LogP) is 5.02. The molecule has 19 heavy (non-hydrogen) atoms. The lowest BCUT2D eigenvalue weighted by Crippen LogP contribution is -2.11. The number of hydrogen-bond donors (Lipinski definition) is 1. The Labute approximate surface area is 125 Å². The van der Waals surface area contributed by atoms with E-state index in [-0.39, 0.29) is 5.82 Å². The standard InChI is InChI=1S/C15H14BrClFN/c1-2-19-9-11-4-3-10(7-14(11)17)13-8-12(16)5-6-15(13)18/h3-8,19H,2,9H2,1H3. The van der Waals surface area contributed by atoms with Crippen molar-refractivity contribution in [3.63, 3.8) is 0 Å². The molecule has 0 aliphatic carbocycles. The fourth-order valence-electron chi connectivity index (χ4n) is 1.84. The van der Waals surface area contributed by atoms with Crippen molar-refractivity contribution in [1.82, 2.24) is 5.32 Å². The Hall–Kier alpha value is -0.900. The summed E-state index contributed by atoms with van der Waals surface area (Å²) in [6.45, 7) is 3.65. The molecular weight excluding hydrogens is 329 g/mol. The second-order valence-corrected chi connectivity index (χ2v) is 5.53. The first kappa shape index (κ1) is 14.5. The topological polar surface area (TPSA) is 12.0 Å². The summed E-state index contributed by atoms with van der Waals surface area (Å²) in [5.41, 5.74) is 2.35. The Morgan fingerprint density at radius 1 is 1.21 bits per heavy atom. The van der Waals surface area contributed by atoms with Crippen molar-refractivity contribution in [1.29, 1.82) is 0 Å². The maximum absolute atomic E-state index is 13.8. The van der Waals surface area contributed by atoms with E-state index in [9.17, 15) is 4.39 Å². The van der Waals surface area contributed by atoms with Gasteiger partial charge in [-0.1, -0.05) is 46.6 Å². The highest BCUT2D eigenvalue weighted by atomic mass is 79.9. The molecule has 0 aromatic heterocycles. The van der Waals surface area contributed by atoms with Gasteiger partial charge in [-0.05, 0) is 41.9 Å². The van der Waals surface area contributed by atoms with E-state index in [1.165, 1.54) is 6.07 Å². The van der Waals surface area contributed by atoms with Crippen molar-refractivity contribution >= 4 is 27.5 Å². The van der Waals surface area contributed by atoms with Gasteiger partial charge in [-0.15, -0.1) is 0 Å². The molecule has 1 nitrogen and oxygen atoms in total. The molecule has 2 rings (SSSR count).